The Balaban J connectivity index is 1.46. The molecule has 0 aliphatic carbocycles. The molecule has 2 aromatic carbocycles. The van der Waals surface area contributed by atoms with Crippen molar-refractivity contribution in [1.82, 2.24) is 20.2 Å². The van der Waals surface area contributed by atoms with Crippen LogP contribution in [-0.2, 0) is 64.4 Å². The van der Waals surface area contributed by atoms with E-state index in [9.17, 15) is 38.4 Å². The van der Waals surface area contributed by atoms with Crippen LogP contribution < -0.4 is 21.6 Å². The van der Waals surface area contributed by atoms with Gasteiger partial charge in [0.2, 0.25) is 11.8 Å². The monoisotopic (exact) mass is 825 g/mol. The Hall–Kier alpha value is -5.98. The fourth-order valence-corrected chi connectivity index (χ4v) is 6.61. The number of aromatic nitrogens is 2. The van der Waals surface area contributed by atoms with Gasteiger partial charge >= 0.3 is 31.5 Å². The molecular weight excluding hydrogens is 781 g/mol. The zero-order valence-electron chi connectivity index (χ0n) is 31.4. The Labute approximate surface area is 332 Å². The fourth-order valence-electron chi connectivity index (χ4n) is 5.44. The van der Waals surface area contributed by atoms with Crippen LogP contribution in [0.1, 0.15) is 30.7 Å². The molecule has 1 aliphatic heterocycles. The van der Waals surface area contributed by atoms with Crippen LogP contribution in [0.5, 0.6) is 0 Å². The standard InChI is InChI=1S/C38H44N5O14P/c1-4-18-52-38(50)40-29(35(46)39-28(36(47)48)20-26-12-8-6-9-13-26)23-54-58(51,53-19-5-2)55-24-31-30(56-25(3)44)22-34(57-31)43-17-16-32(42-37(43)49)41-33(45)21-27-14-10-7-11-15-27/h4-17,28-31,34H,1-2,18-24H2,3H3,(H,39,46)(H,40,50)(H,47,48)(H,41,42,45,49)/t28-,29-,30-,31+,34+,58?/m0/s1. The summed E-state index contributed by atoms with van der Waals surface area (Å²) in [4.78, 5) is 79.4. The first-order valence-electron chi connectivity index (χ1n) is 17.8. The number of carbonyl (C=O) groups is 5. The molecule has 3 aromatic rings. The average molecular weight is 826 g/mol. The van der Waals surface area contributed by atoms with Crippen molar-refractivity contribution in [1.29, 1.82) is 0 Å². The highest BCUT2D eigenvalue weighted by atomic mass is 31.2. The van der Waals surface area contributed by atoms with Crippen molar-refractivity contribution >= 4 is 43.5 Å². The normalized spacial score (nSPS) is 18.1. The summed E-state index contributed by atoms with van der Waals surface area (Å²) < 4.78 is 47.7. The molecule has 1 aromatic heterocycles. The molecule has 1 aliphatic rings. The molecule has 1 fully saturated rings. The van der Waals surface area contributed by atoms with E-state index in [0.29, 0.717) is 5.56 Å². The summed E-state index contributed by atoms with van der Waals surface area (Å²) in [6.45, 7) is 6.01. The van der Waals surface area contributed by atoms with Gasteiger partial charge in [-0.3, -0.25) is 32.5 Å². The van der Waals surface area contributed by atoms with Crippen molar-refractivity contribution in [2.75, 3.05) is 31.7 Å². The first-order valence-corrected chi connectivity index (χ1v) is 19.3. The summed E-state index contributed by atoms with van der Waals surface area (Å²) in [6.07, 6.45) is -0.649. The molecule has 1 unspecified atom stereocenters. The van der Waals surface area contributed by atoms with E-state index in [1.54, 1.807) is 54.6 Å². The fraction of sp³-hybridized carbons (Fsp3) is 0.342. The van der Waals surface area contributed by atoms with Gasteiger partial charge in [-0.2, -0.15) is 4.98 Å². The third kappa shape index (κ3) is 14.2. The second-order valence-corrected chi connectivity index (χ2v) is 14.2. The first-order chi connectivity index (χ1) is 27.8. The number of rotatable bonds is 22. The third-order valence-corrected chi connectivity index (χ3v) is 9.49. The van der Waals surface area contributed by atoms with E-state index in [1.165, 1.54) is 24.4 Å². The Morgan fingerprint density at radius 2 is 1.62 bits per heavy atom. The molecule has 0 saturated carbocycles. The number of carboxylic acid groups (broad SMARTS) is 1. The topological polar surface area (TPSA) is 249 Å². The van der Waals surface area contributed by atoms with Gasteiger partial charge in [0.15, 0.2) is 0 Å². The zero-order valence-corrected chi connectivity index (χ0v) is 32.3. The lowest BCUT2D eigenvalue weighted by Gasteiger charge is -2.25. The molecule has 2 heterocycles. The number of ether oxygens (including phenoxy) is 3. The van der Waals surface area contributed by atoms with Crippen LogP contribution in [-0.4, -0.2) is 95.2 Å². The molecule has 4 rings (SSSR count). The number of alkyl carbamates (subject to hydrolysis) is 1. The Morgan fingerprint density at radius 3 is 2.24 bits per heavy atom. The maximum Gasteiger partial charge on any atom is 0.475 e. The summed E-state index contributed by atoms with van der Waals surface area (Å²) in [5.41, 5.74) is 0.560. The highest BCUT2D eigenvalue weighted by molar-refractivity contribution is 7.48. The number of phosphoric acid groups is 1. The quantitative estimate of drug-likeness (QED) is 0.0646. The molecule has 3 amide bonds. The number of nitrogens with one attached hydrogen (secondary N) is 3. The summed E-state index contributed by atoms with van der Waals surface area (Å²) >= 11 is 0. The lowest BCUT2D eigenvalue weighted by molar-refractivity contribution is -0.150. The molecule has 4 N–H and O–H groups in total. The molecule has 0 radical (unpaired) electrons. The van der Waals surface area contributed by atoms with Crippen LogP contribution in [0.4, 0.5) is 10.6 Å². The molecule has 0 spiro atoms. The SMILES string of the molecule is C=CCOC(=O)N[C@@H](COP(=O)(OCC=C)OC[C@H]1O[C@@H](n2ccc(NC(=O)Cc3ccccc3)nc2=O)C[C@@H]1OC(C)=O)C(=O)N[C@@H](Cc1ccccc1)C(=O)O. The number of carbonyl (C=O) groups excluding carboxylic acids is 4. The van der Waals surface area contributed by atoms with Crippen molar-refractivity contribution in [2.45, 2.75) is 56.7 Å². The summed E-state index contributed by atoms with van der Waals surface area (Å²) in [5.74, 6) is -3.50. The average Bonchev–Trinajstić information content (AvgIpc) is 3.58. The number of phosphoric ester groups is 1. The molecule has 1 saturated heterocycles. The third-order valence-electron chi connectivity index (χ3n) is 8.10. The lowest BCUT2D eigenvalue weighted by atomic mass is 10.1. The van der Waals surface area contributed by atoms with Crippen molar-refractivity contribution in [3.8, 4) is 0 Å². The van der Waals surface area contributed by atoms with Gasteiger partial charge in [-0.1, -0.05) is 79.4 Å². The summed E-state index contributed by atoms with van der Waals surface area (Å²) in [6, 6.07) is 15.7. The molecular formula is C38H44N5O14P. The van der Waals surface area contributed by atoms with E-state index >= 15 is 0 Å². The number of esters is 1. The summed E-state index contributed by atoms with van der Waals surface area (Å²) in [7, 11) is -4.68. The van der Waals surface area contributed by atoms with Crippen LogP contribution >= 0.6 is 7.82 Å². The number of hydrogen-bond acceptors (Lipinski definition) is 14. The van der Waals surface area contributed by atoms with E-state index in [1.807, 2.05) is 6.07 Å². The van der Waals surface area contributed by atoms with E-state index in [4.69, 9.17) is 27.8 Å². The smallest absolute Gasteiger partial charge is 0.475 e. The molecule has 20 heteroatoms. The van der Waals surface area contributed by atoms with Crippen molar-refractivity contribution in [3.05, 3.63) is 120 Å². The number of hydrogen-bond donors (Lipinski definition) is 4. The minimum atomic E-state index is -4.68. The van der Waals surface area contributed by atoms with Crippen molar-refractivity contribution in [2.24, 2.45) is 0 Å². The predicted octanol–water partition coefficient (Wildman–Crippen LogP) is 3.08. The van der Waals surface area contributed by atoms with Gasteiger partial charge in [0, 0.05) is 26.0 Å². The van der Waals surface area contributed by atoms with Crippen molar-refractivity contribution < 1.29 is 61.4 Å². The van der Waals surface area contributed by atoms with Gasteiger partial charge in [-0.25, -0.2) is 18.9 Å². The molecule has 19 nitrogen and oxygen atoms in total. The van der Waals surface area contributed by atoms with E-state index in [2.05, 4.69) is 34.1 Å². The highest BCUT2D eigenvalue weighted by Crippen LogP contribution is 2.50. The Bertz CT molecular complexity index is 2010. The van der Waals surface area contributed by atoms with Crippen LogP contribution in [0.25, 0.3) is 0 Å². The Kier molecular flexibility index (Phi) is 17.0. The van der Waals surface area contributed by atoms with E-state index in [-0.39, 0.29) is 38.3 Å². The second kappa shape index (κ2) is 22.1. The number of amides is 3. The lowest BCUT2D eigenvalue weighted by Crippen LogP contribution is -2.54. The highest BCUT2D eigenvalue weighted by Gasteiger charge is 2.42. The second-order valence-electron chi connectivity index (χ2n) is 12.5. The van der Waals surface area contributed by atoms with E-state index < -0.39 is 87.1 Å². The number of carboxylic acids is 1. The first kappa shape index (κ1) is 44.7. The van der Waals surface area contributed by atoms with Crippen LogP contribution in [0.2, 0.25) is 0 Å². The number of benzene rings is 2. The van der Waals surface area contributed by atoms with Crippen LogP contribution in [0.15, 0.2) is 103 Å². The number of anilines is 1. The van der Waals surface area contributed by atoms with Gasteiger partial charge in [-0.15, -0.1) is 6.58 Å². The summed E-state index contributed by atoms with van der Waals surface area (Å²) in [5, 5.41) is 17.0. The zero-order chi connectivity index (χ0) is 42.1. The molecule has 58 heavy (non-hydrogen) atoms. The van der Waals surface area contributed by atoms with Gasteiger partial charge in [0.05, 0.1) is 26.2 Å². The molecule has 0 bridgehead atoms. The maximum absolute atomic E-state index is 13.9. The predicted molar refractivity (Wildman–Crippen MR) is 205 cm³/mol. The van der Waals surface area contributed by atoms with Gasteiger partial charge in [0.25, 0.3) is 0 Å². The number of aliphatic carboxylic acids is 1. The number of nitrogens with zero attached hydrogens (tertiary/aromatic N) is 2. The van der Waals surface area contributed by atoms with Crippen LogP contribution in [0, 0.1) is 0 Å². The molecule has 6 atom stereocenters. The molecule has 310 valence electrons. The van der Waals surface area contributed by atoms with Crippen molar-refractivity contribution in [3.63, 3.8) is 0 Å². The van der Waals surface area contributed by atoms with E-state index in [0.717, 1.165) is 17.1 Å². The minimum Gasteiger partial charge on any atom is -0.480 e. The largest absolute Gasteiger partial charge is 0.480 e. The van der Waals surface area contributed by atoms with Crippen LogP contribution in [0.3, 0.4) is 0 Å². The van der Waals surface area contributed by atoms with Gasteiger partial charge in [-0.05, 0) is 17.2 Å². The van der Waals surface area contributed by atoms with Gasteiger partial charge in [0.1, 0.15) is 42.9 Å². The minimum absolute atomic E-state index is 0.000768. The Morgan fingerprint density at radius 1 is 0.948 bits per heavy atom. The van der Waals surface area contributed by atoms with Gasteiger partial charge < -0.3 is 35.3 Å². The maximum atomic E-state index is 13.9.